The number of fused-ring (bicyclic) bond motifs is 5. The number of aryl methyl sites for hydroxylation is 1. The topological polar surface area (TPSA) is 61.9 Å². The number of esters is 1. The summed E-state index contributed by atoms with van der Waals surface area (Å²) in [6.45, 7) is 4.19. The number of ether oxygens (including phenoxy) is 1. The Kier molecular flexibility index (Phi) is 4.47. The molecule has 4 aromatic rings. The van der Waals surface area contributed by atoms with Gasteiger partial charge in [0.05, 0.1) is 35.6 Å². The predicted molar refractivity (Wildman–Crippen MR) is 113 cm³/mol. The van der Waals surface area contributed by atoms with E-state index in [-0.39, 0.29) is 0 Å². The zero-order valence-electron chi connectivity index (χ0n) is 17.0. The molecule has 150 valence electrons. The zero-order chi connectivity index (χ0) is 20.7. The van der Waals surface area contributed by atoms with Gasteiger partial charge >= 0.3 is 5.97 Å². The number of carbonyl (C=O) groups excluding carboxylic acids is 1. The van der Waals surface area contributed by atoms with Crippen molar-refractivity contribution in [1.29, 1.82) is 0 Å². The SMILES string of the molecule is CCOC(=O)c1ncn2c1Cc1c(Cc3ccccc3)cnn1-c1cc(C)ccc1-2. The highest BCUT2D eigenvalue weighted by molar-refractivity contribution is 5.89. The molecule has 0 unspecified atom stereocenters. The third-order valence-electron chi connectivity index (χ3n) is 5.48. The molecule has 3 heterocycles. The Balaban J connectivity index is 1.69. The summed E-state index contributed by atoms with van der Waals surface area (Å²) in [4.78, 5) is 17.0. The van der Waals surface area contributed by atoms with E-state index < -0.39 is 5.97 Å². The van der Waals surface area contributed by atoms with E-state index in [0.717, 1.165) is 40.3 Å². The van der Waals surface area contributed by atoms with Crippen LogP contribution in [0.1, 0.15) is 45.5 Å². The third-order valence-corrected chi connectivity index (χ3v) is 5.48. The van der Waals surface area contributed by atoms with E-state index in [1.165, 1.54) is 5.56 Å². The van der Waals surface area contributed by atoms with Crippen molar-refractivity contribution in [2.75, 3.05) is 6.61 Å². The number of carbonyl (C=O) groups is 1. The second-order valence-corrected chi connectivity index (χ2v) is 7.49. The molecule has 0 radical (unpaired) electrons. The van der Waals surface area contributed by atoms with Gasteiger partial charge in [0.1, 0.15) is 6.33 Å². The first kappa shape index (κ1) is 18.4. The molecule has 6 nitrogen and oxygen atoms in total. The molecule has 30 heavy (non-hydrogen) atoms. The van der Waals surface area contributed by atoms with Gasteiger partial charge < -0.3 is 4.74 Å². The van der Waals surface area contributed by atoms with Gasteiger partial charge in [0, 0.05) is 12.8 Å². The molecule has 1 aliphatic rings. The molecule has 0 aliphatic carbocycles. The van der Waals surface area contributed by atoms with Gasteiger partial charge in [-0.05, 0) is 42.7 Å². The monoisotopic (exact) mass is 398 g/mol. The first-order valence-electron chi connectivity index (χ1n) is 10.1. The van der Waals surface area contributed by atoms with Crippen molar-refractivity contribution < 1.29 is 9.53 Å². The maximum absolute atomic E-state index is 12.6. The summed E-state index contributed by atoms with van der Waals surface area (Å²) in [6.07, 6.45) is 4.97. The van der Waals surface area contributed by atoms with Gasteiger partial charge in [-0.1, -0.05) is 36.4 Å². The maximum Gasteiger partial charge on any atom is 0.358 e. The molecular formula is C24H22N4O2. The summed E-state index contributed by atoms with van der Waals surface area (Å²) in [6, 6.07) is 16.6. The molecule has 0 saturated heterocycles. The highest BCUT2D eigenvalue weighted by atomic mass is 16.5. The fourth-order valence-corrected chi connectivity index (χ4v) is 4.05. The summed E-state index contributed by atoms with van der Waals surface area (Å²) < 4.78 is 9.25. The summed E-state index contributed by atoms with van der Waals surface area (Å²) in [5.74, 6) is -0.391. The van der Waals surface area contributed by atoms with Crippen LogP contribution >= 0.6 is 0 Å². The minimum absolute atomic E-state index is 0.318. The molecule has 0 fully saturated rings. The highest BCUT2D eigenvalue weighted by Crippen LogP contribution is 2.32. The molecule has 6 heteroatoms. The lowest BCUT2D eigenvalue weighted by Gasteiger charge is -2.11. The normalized spacial score (nSPS) is 11.9. The molecule has 0 spiro atoms. The summed E-state index contributed by atoms with van der Waals surface area (Å²) in [5.41, 5.74) is 7.70. The molecule has 0 amide bonds. The maximum atomic E-state index is 12.6. The van der Waals surface area contributed by atoms with Crippen LogP contribution in [0.3, 0.4) is 0 Å². The number of benzene rings is 2. The first-order valence-corrected chi connectivity index (χ1v) is 10.1. The summed E-state index contributed by atoms with van der Waals surface area (Å²) >= 11 is 0. The molecule has 1 aliphatic heterocycles. The van der Waals surface area contributed by atoms with Crippen LogP contribution in [0.4, 0.5) is 0 Å². The number of aromatic nitrogens is 4. The average Bonchev–Trinajstić information content (AvgIpc) is 3.31. The van der Waals surface area contributed by atoms with Crippen molar-refractivity contribution in [2.45, 2.75) is 26.7 Å². The van der Waals surface area contributed by atoms with Gasteiger partial charge in [-0.2, -0.15) is 5.10 Å². The second-order valence-electron chi connectivity index (χ2n) is 7.49. The molecule has 2 aromatic carbocycles. The Morgan fingerprint density at radius 1 is 1.10 bits per heavy atom. The Bertz CT molecular complexity index is 1240. The average molecular weight is 398 g/mol. The Hall–Kier alpha value is -3.67. The fourth-order valence-electron chi connectivity index (χ4n) is 4.05. The first-order chi connectivity index (χ1) is 14.7. The van der Waals surface area contributed by atoms with Crippen molar-refractivity contribution in [1.82, 2.24) is 19.3 Å². The Morgan fingerprint density at radius 2 is 1.93 bits per heavy atom. The van der Waals surface area contributed by atoms with Crippen molar-refractivity contribution in [3.63, 3.8) is 0 Å². The summed E-state index contributed by atoms with van der Waals surface area (Å²) in [5, 5.41) is 4.74. The van der Waals surface area contributed by atoms with Crippen molar-refractivity contribution in [2.24, 2.45) is 0 Å². The molecular weight excluding hydrogens is 376 g/mol. The number of nitrogens with zero attached hydrogens (tertiary/aromatic N) is 4. The lowest BCUT2D eigenvalue weighted by atomic mass is 10.0. The molecule has 0 saturated carbocycles. The van der Waals surface area contributed by atoms with E-state index in [1.807, 2.05) is 33.6 Å². The molecule has 0 atom stereocenters. The zero-order valence-corrected chi connectivity index (χ0v) is 17.0. The van der Waals surface area contributed by atoms with Crippen LogP contribution in [-0.2, 0) is 17.6 Å². The van der Waals surface area contributed by atoms with Crippen LogP contribution in [0.5, 0.6) is 0 Å². The molecule has 0 N–H and O–H groups in total. The fraction of sp³-hybridized carbons (Fsp3) is 0.208. The van der Waals surface area contributed by atoms with Crippen LogP contribution in [0, 0.1) is 6.92 Å². The molecule has 0 bridgehead atoms. The van der Waals surface area contributed by atoms with Gasteiger partial charge in [0.2, 0.25) is 0 Å². The van der Waals surface area contributed by atoms with Crippen LogP contribution in [-0.4, -0.2) is 31.9 Å². The van der Waals surface area contributed by atoms with E-state index in [4.69, 9.17) is 9.84 Å². The van der Waals surface area contributed by atoms with Crippen LogP contribution in [0.2, 0.25) is 0 Å². The smallest absolute Gasteiger partial charge is 0.358 e. The summed E-state index contributed by atoms with van der Waals surface area (Å²) in [7, 11) is 0. The Labute approximate surface area is 174 Å². The Morgan fingerprint density at radius 3 is 2.73 bits per heavy atom. The molecule has 5 rings (SSSR count). The standard InChI is InChI=1S/C24H22N4O2/c1-3-30-24(29)23-22-13-20-18(12-17-7-5-4-6-8-17)14-26-28(20)21-11-16(2)9-10-19(21)27(22)15-25-23/h4-11,14-15H,3,12-13H2,1-2H3. The van der Waals surface area contributed by atoms with Gasteiger partial charge in [-0.15, -0.1) is 0 Å². The second kappa shape index (κ2) is 7.30. The number of imidazole rings is 1. The van der Waals surface area contributed by atoms with Crippen molar-refractivity contribution in [3.8, 4) is 11.4 Å². The largest absolute Gasteiger partial charge is 0.461 e. The lowest BCUT2D eigenvalue weighted by Crippen LogP contribution is -2.11. The van der Waals surface area contributed by atoms with Gasteiger partial charge in [-0.25, -0.2) is 14.5 Å². The van der Waals surface area contributed by atoms with Crippen molar-refractivity contribution in [3.05, 3.63) is 94.8 Å². The number of hydrogen-bond acceptors (Lipinski definition) is 4. The van der Waals surface area contributed by atoms with E-state index in [0.29, 0.717) is 18.7 Å². The minimum Gasteiger partial charge on any atom is -0.461 e. The predicted octanol–water partition coefficient (Wildman–Crippen LogP) is 4.04. The van der Waals surface area contributed by atoms with E-state index in [2.05, 4.69) is 42.2 Å². The highest BCUT2D eigenvalue weighted by Gasteiger charge is 2.28. The molecule has 2 aromatic heterocycles. The van der Waals surface area contributed by atoms with Crippen LogP contribution in [0.15, 0.2) is 61.1 Å². The van der Waals surface area contributed by atoms with E-state index in [9.17, 15) is 4.79 Å². The van der Waals surface area contributed by atoms with Gasteiger partial charge in [0.15, 0.2) is 5.69 Å². The van der Waals surface area contributed by atoms with E-state index in [1.54, 1.807) is 13.3 Å². The van der Waals surface area contributed by atoms with Crippen LogP contribution < -0.4 is 0 Å². The van der Waals surface area contributed by atoms with Crippen molar-refractivity contribution >= 4 is 5.97 Å². The third kappa shape index (κ3) is 3.01. The van der Waals surface area contributed by atoms with Gasteiger partial charge in [0.25, 0.3) is 0 Å². The number of rotatable bonds is 4. The minimum atomic E-state index is -0.391. The van der Waals surface area contributed by atoms with Gasteiger partial charge in [-0.3, -0.25) is 4.57 Å². The van der Waals surface area contributed by atoms with E-state index >= 15 is 0 Å². The quantitative estimate of drug-likeness (QED) is 0.429. The number of hydrogen-bond donors (Lipinski definition) is 0. The van der Waals surface area contributed by atoms with Crippen LogP contribution in [0.25, 0.3) is 11.4 Å². The lowest BCUT2D eigenvalue weighted by molar-refractivity contribution is 0.0519.